The number of rotatable bonds is 3. The van der Waals surface area contributed by atoms with E-state index in [0.29, 0.717) is 11.5 Å². The Hall–Kier alpha value is -2.14. The predicted molar refractivity (Wildman–Crippen MR) is 133 cm³/mol. The van der Waals surface area contributed by atoms with Crippen molar-refractivity contribution in [3.8, 4) is 0 Å². The first-order chi connectivity index (χ1) is 15.2. The zero-order valence-corrected chi connectivity index (χ0v) is 20.9. The molecule has 1 aromatic carbocycles. The molecule has 1 fully saturated rings. The van der Waals surface area contributed by atoms with Gasteiger partial charge in [0, 0.05) is 23.0 Å². The van der Waals surface area contributed by atoms with Gasteiger partial charge in [-0.2, -0.15) is 0 Å². The van der Waals surface area contributed by atoms with Crippen molar-refractivity contribution in [1.82, 2.24) is 4.90 Å². The molecule has 5 heteroatoms. The maximum Gasteiger partial charge on any atom is 0.257 e. The van der Waals surface area contributed by atoms with E-state index >= 15 is 0 Å². The van der Waals surface area contributed by atoms with Crippen molar-refractivity contribution in [2.75, 3.05) is 11.9 Å². The highest BCUT2D eigenvalue weighted by atomic mass is 32.1. The molecule has 1 aliphatic carbocycles. The zero-order chi connectivity index (χ0) is 23.0. The molecular weight excluding hydrogens is 416 g/mol. The van der Waals surface area contributed by atoms with Crippen molar-refractivity contribution in [2.24, 2.45) is 11.3 Å². The molecule has 4 rings (SSSR count). The molecule has 1 aromatic heterocycles. The highest BCUT2D eigenvalue weighted by Crippen LogP contribution is 2.45. The largest absolute Gasteiger partial charge is 0.336 e. The third-order valence-corrected chi connectivity index (χ3v) is 8.55. The third kappa shape index (κ3) is 4.50. The lowest BCUT2D eigenvalue weighted by Gasteiger charge is -2.35. The first-order valence-electron chi connectivity index (χ1n) is 12.0. The van der Waals surface area contributed by atoms with Gasteiger partial charge in [-0.05, 0) is 80.9 Å². The Labute approximate surface area is 196 Å². The van der Waals surface area contributed by atoms with Gasteiger partial charge < -0.3 is 10.2 Å². The number of amides is 2. The Bertz CT molecular complexity index is 1020. The van der Waals surface area contributed by atoms with E-state index in [2.05, 4.69) is 33.0 Å². The number of fused-ring (bicyclic) bond motifs is 1. The van der Waals surface area contributed by atoms with E-state index in [1.54, 1.807) is 11.3 Å². The van der Waals surface area contributed by atoms with Crippen LogP contribution in [0.1, 0.15) is 90.1 Å². The molecule has 2 amide bonds. The van der Waals surface area contributed by atoms with Gasteiger partial charge in [0.15, 0.2) is 0 Å². The number of benzene rings is 1. The van der Waals surface area contributed by atoms with Crippen molar-refractivity contribution in [3.05, 3.63) is 51.4 Å². The van der Waals surface area contributed by atoms with E-state index in [4.69, 9.17) is 0 Å². The topological polar surface area (TPSA) is 49.4 Å². The number of nitrogens with one attached hydrogen (secondary N) is 1. The number of nitrogens with zero attached hydrogens (tertiary/aromatic N) is 1. The Morgan fingerprint density at radius 3 is 2.56 bits per heavy atom. The molecular formula is C27H36N2O2S. The Kier molecular flexibility index (Phi) is 6.49. The molecule has 0 saturated carbocycles. The Morgan fingerprint density at radius 2 is 1.88 bits per heavy atom. The van der Waals surface area contributed by atoms with Crippen LogP contribution < -0.4 is 5.32 Å². The number of thiophene rings is 1. The Morgan fingerprint density at radius 1 is 1.12 bits per heavy atom. The molecule has 4 nitrogen and oxygen atoms in total. The van der Waals surface area contributed by atoms with Crippen LogP contribution in [0.3, 0.4) is 0 Å². The van der Waals surface area contributed by atoms with Crippen molar-refractivity contribution in [3.63, 3.8) is 0 Å². The first kappa shape index (κ1) is 23.0. The minimum atomic E-state index is -0.130. The van der Waals surface area contributed by atoms with Crippen LogP contribution in [-0.2, 0) is 12.8 Å². The molecule has 2 aliphatic rings. The number of carbonyl (C=O) groups is 2. The second-order valence-electron chi connectivity index (χ2n) is 10.6. The number of piperidine rings is 1. The van der Waals surface area contributed by atoms with Gasteiger partial charge in [-0.25, -0.2) is 0 Å². The second kappa shape index (κ2) is 9.01. The Balaban J connectivity index is 1.71. The average molecular weight is 453 g/mol. The van der Waals surface area contributed by atoms with Crippen molar-refractivity contribution >= 4 is 28.2 Å². The van der Waals surface area contributed by atoms with Crippen molar-refractivity contribution in [2.45, 2.75) is 79.2 Å². The van der Waals surface area contributed by atoms with Crippen LogP contribution in [0.15, 0.2) is 24.3 Å². The summed E-state index contributed by atoms with van der Waals surface area (Å²) >= 11 is 1.62. The normalized spacial score (nSPS) is 21.2. The second-order valence-corrected chi connectivity index (χ2v) is 11.7. The van der Waals surface area contributed by atoms with Crippen LogP contribution in [0.25, 0.3) is 0 Å². The van der Waals surface area contributed by atoms with Crippen LogP contribution in [-0.4, -0.2) is 29.3 Å². The van der Waals surface area contributed by atoms with Gasteiger partial charge in [0.25, 0.3) is 11.8 Å². The van der Waals surface area contributed by atoms with Gasteiger partial charge in [-0.15, -0.1) is 11.3 Å². The molecule has 0 bridgehead atoms. The minimum Gasteiger partial charge on any atom is -0.336 e. The van der Waals surface area contributed by atoms with E-state index in [1.165, 1.54) is 16.9 Å². The van der Waals surface area contributed by atoms with Crippen LogP contribution in [0.2, 0.25) is 0 Å². The maximum absolute atomic E-state index is 13.8. The molecule has 2 atom stereocenters. The van der Waals surface area contributed by atoms with Gasteiger partial charge in [0.05, 0.1) is 5.56 Å². The van der Waals surface area contributed by atoms with Gasteiger partial charge in [-0.3, -0.25) is 9.59 Å². The first-order valence-corrected chi connectivity index (χ1v) is 12.8. The molecule has 1 aliphatic heterocycles. The summed E-state index contributed by atoms with van der Waals surface area (Å²) in [7, 11) is 0. The standard InChI is InChI=1S/C27H36N2O2S/c1-17-10-6-7-12-20(17)24(30)28-25-23(26(31)29-15-9-8-11-18(29)2)21-14-13-19(27(3,4)5)16-22(21)32-25/h6-7,10,12,18-19H,8-9,11,13-16H2,1-5H3,(H,28,30). The summed E-state index contributed by atoms with van der Waals surface area (Å²) < 4.78 is 0. The highest BCUT2D eigenvalue weighted by molar-refractivity contribution is 7.17. The molecule has 32 heavy (non-hydrogen) atoms. The van der Waals surface area contributed by atoms with Crippen molar-refractivity contribution in [1.29, 1.82) is 0 Å². The van der Waals surface area contributed by atoms with Crippen molar-refractivity contribution < 1.29 is 9.59 Å². The number of anilines is 1. The van der Waals surface area contributed by atoms with Crippen LogP contribution in [0.5, 0.6) is 0 Å². The zero-order valence-electron chi connectivity index (χ0n) is 20.1. The minimum absolute atomic E-state index is 0.101. The predicted octanol–water partition coefficient (Wildman–Crippen LogP) is 6.47. The summed E-state index contributed by atoms with van der Waals surface area (Å²) in [6.45, 7) is 11.8. The lowest BCUT2D eigenvalue weighted by atomic mass is 9.72. The number of carbonyl (C=O) groups excluding carboxylic acids is 2. The fourth-order valence-electron chi connectivity index (χ4n) is 5.18. The van der Waals surface area contributed by atoms with Gasteiger partial charge in [0.2, 0.25) is 0 Å². The highest BCUT2D eigenvalue weighted by Gasteiger charge is 2.36. The molecule has 2 aromatic rings. The lowest BCUT2D eigenvalue weighted by molar-refractivity contribution is 0.0635. The fourth-order valence-corrected chi connectivity index (χ4v) is 6.50. The van der Waals surface area contributed by atoms with Crippen LogP contribution in [0.4, 0.5) is 5.00 Å². The van der Waals surface area contributed by atoms with Crippen LogP contribution in [0, 0.1) is 18.3 Å². The summed E-state index contributed by atoms with van der Waals surface area (Å²) in [6, 6.07) is 7.87. The third-order valence-electron chi connectivity index (χ3n) is 7.38. The molecule has 1 saturated heterocycles. The number of likely N-dealkylation sites (tertiary alicyclic amines) is 1. The molecule has 2 heterocycles. The summed E-state index contributed by atoms with van der Waals surface area (Å²) in [5.74, 6) is 0.559. The van der Waals surface area contributed by atoms with Gasteiger partial charge in [0.1, 0.15) is 5.00 Å². The van der Waals surface area contributed by atoms with Gasteiger partial charge >= 0.3 is 0 Å². The molecule has 2 unspecified atom stereocenters. The number of hydrogen-bond acceptors (Lipinski definition) is 3. The monoisotopic (exact) mass is 452 g/mol. The fraction of sp³-hybridized carbons (Fsp3) is 0.556. The molecule has 0 spiro atoms. The van der Waals surface area contributed by atoms with E-state index < -0.39 is 0 Å². The molecule has 1 N–H and O–H groups in total. The van der Waals surface area contributed by atoms with E-state index in [9.17, 15) is 9.59 Å². The quantitative estimate of drug-likeness (QED) is 0.580. The summed E-state index contributed by atoms with van der Waals surface area (Å²) in [5, 5.41) is 3.88. The average Bonchev–Trinajstić information content (AvgIpc) is 3.10. The number of aryl methyl sites for hydroxylation is 1. The molecule has 0 radical (unpaired) electrons. The van der Waals surface area contributed by atoms with E-state index in [1.807, 2.05) is 36.1 Å². The smallest absolute Gasteiger partial charge is 0.257 e. The summed E-state index contributed by atoms with van der Waals surface area (Å²) in [5.41, 5.74) is 3.77. The van der Waals surface area contributed by atoms with E-state index in [-0.39, 0.29) is 23.3 Å². The van der Waals surface area contributed by atoms with Crippen LogP contribution >= 0.6 is 11.3 Å². The lowest BCUT2D eigenvalue weighted by Crippen LogP contribution is -2.42. The number of hydrogen-bond donors (Lipinski definition) is 1. The van der Waals surface area contributed by atoms with E-state index in [0.717, 1.165) is 54.8 Å². The molecule has 172 valence electrons. The SMILES string of the molecule is Cc1ccccc1C(=O)Nc1sc2c(c1C(=O)N1CCCCC1C)CCC(C(C)(C)C)C2. The summed E-state index contributed by atoms with van der Waals surface area (Å²) in [4.78, 5) is 30.3. The summed E-state index contributed by atoms with van der Waals surface area (Å²) in [6.07, 6.45) is 6.27. The maximum atomic E-state index is 13.8. The van der Waals surface area contributed by atoms with Gasteiger partial charge in [-0.1, -0.05) is 39.0 Å².